The van der Waals surface area contributed by atoms with Crippen molar-refractivity contribution in [2.24, 2.45) is 10.8 Å². The van der Waals surface area contributed by atoms with E-state index in [4.69, 9.17) is 22.4 Å². The van der Waals surface area contributed by atoms with Gasteiger partial charge >= 0.3 is 0 Å². The summed E-state index contributed by atoms with van der Waals surface area (Å²) in [7, 11) is 0. The van der Waals surface area contributed by atoms with Gasteiger partial charge in [-0.05, 0) is 49.2 Å². The SMILES string of the molecule is Cc1cc(Cl)ccc1N1N=C(CCN)CC1c1ccccc1. The zero-order valence-corrected chi connectivity index (χ0v) is 13.4. The third-order valence-electron chi connectivity index (χ3n) is 4.00. The van der Waals surface area contributed by atoms with Crippen LogP contribution in [0.1, 0.15) is 30.0 Å². The van der Waals surface area contributed by atoms with Crippen molar-refractivity contribution in [2.45, 2.75) is 25.8 Å². The summed E-state index contributed by atoms with van der Waals surface area (Å²) < 4.78 is 0. The van der Waals surface area contributed by atoms with Gasteiger partial charge in [0, 0.05) is 17.2 Å². The predicted molar refractivity (Wildman–Crippen MR) is 93.6 cm³/mol. The van der Waals surface area contributed by atoms with Crippen molar-refractivity contribution < 1.29 is 0 Å². The summed E-state index contributed by atoms with van der Waals surface area (Å²) in [6.07, 6.45) is 1.76. The highest BCUT2D eigenvalue weighted by atomic mass is 35.5. The lowest BCUT2D eigenvalue weighted by molar-refractivity contribution is 0.706. The van der Waals surface area contributed by atoms with E-state index in [1.54, 1.807) is 0 Å². The minimum atomic E-state index is 0.225. The third kappa shape index (κ3) is 3.01. The lowest BCUT2D eigenvalue weighted by atomic mass is 10.00. The molecule has 2 N–H and O–H groups in total. The van der Waals surface area contributed by atoms with E-state index in [9.17, 15) is 0 Å². The number of benzene rings is 2. The van der Waals surface area contributed by atoms with Gasteiger partial charge in [0.2, 0.25) is 0 Å². The van der Waals surface area contributed by atoms with Crippen molar-refractivity contribution in [1.29, 1.82) is 0 Å². The monoisotopic (exact) mass is 313 g/mol. The van der Waals surface area contributed by atoms with Gasteiger partial charge in [-0.25, -0.2) is 0 Å². The molecule has 1 unspecified atom stereocenters. The van der Waals surface area contributed by atoms with Gasteiger partial charge in [-0.2, -0.15) is 5.10 Å². The van der Waals surface area contributed by atoms with Crippen LogP contribution in [0, 0.1) is 6.92 Å². The fourth-order valence-electron chi connectivity index (χ4n) is 2.92. The van der Waals surface area contributed by atoms with Gasteiger partial charge < -0.3 is 5.73 Å². The molecule has 0 fully saturated rings. The highest BCUT2D eigenvalue weighted by Crippen LogP contribution is 2.37. The fraction of sp³-hybridized carbons (Fsp3) is 0.278. The summed E-state index contributed by atoms with van der Waals surface area (Å²) in [5.41, 5.74) is 10.4. The summed E-state index contributed by atoms with van der Waals surface area (Å²) >= 11 is 6.08. The Labute approximate surface area is 136 Å². The first kappa shape index (κ1) is 15.1. The van der Waals surface area contributed by atoms with E-state index >= 15 is 0 Å². The maximum atomic E-state index is 6.08. The van der Waals surface area contributed by atoms with E-state index in [0.29, 0.717) is 6.54 Å². The van der Waals surface area contributed by atoms with Crippen molar-refractivity contribution in [3.8, 4) is 0 Å². The number of aryl methyl sites for hydroxylation is 1. The number of rotatable bonds is 4. The van der Waals surface area contributed by atoms with Crippen molar-refractivity contribution >= 4 is 23.0 Å². The Morgan fingerprint density at radius 2 is 2.00 bits per heavy atom. The lowest BCUT2D eigenvalue weighted by Crippen LogP contribution is -2.19. The molecule has 1 aliphatic heterocycles. The number of halogens is 1. The van der Waals surface area contributed by atoms with E-state index in [2.05, 4.69) is 36.2 Å². The van der Waals surface area contributed by atoms with Crippen molar-refractivity contribution in [2.75, 3.05) is 11.6 Å². The summed E-state index contributed by atoms with van der Waals surface area (Å²) in [6, 6.07) is 16.7. The number of anilines is 1. The minimum Gasteiger partial charge on any atom is -0.330 e. The van der Waals surface area contributed by atoms with Gasteiger partial charge in [0.05, 0.1) is 11.7 Å². The zero-order valence-electron chi connectivity index (χ0n) is 12.7. The second-order valence-electron chi connectivity index (χ2n) is 5.61. The van der Waals surface area contributed by atoms with Crippen LogP contribution >= 0.6 is 11.6 Å². The standard InChI is InChI=1S/C18H20ClN3/c1-13-11-15(19)7-8-17(13)22-18(12-16(21-22)9-10-20)14-5-3-2-4-6-14/h2-8,11,18H,9-10,12,20H2,1H3. The van der Waals surface area contributed by atoms with E-state index in [1.807, 2.05) is 24.3 Å². The molecule has 0 bridgehead atoms. The molecule has 0 radical (unpaired) electrons. The van der Waals surface area contributed by atoms with Crippen molar-refractivity contribution in [1.82, 2.24) is 0 Å². The molecule has 3 rings (SSSR count). The number of hydrazone groups is 1. The summed E-state index contributed by atoms with van der Waals surface area (Å²) in [5.74, 6) is 0. The van der Waals surface area contributed by atoms with Crippen LogP contribution in [0.25, 0.3) is 0 Å². The molecule has 0 saturated heterocycles. The fourth-order valence-corrected chi connectivity index (χ4v) is 3.15. The third-order valence-corrected chi connectivity index (χ3v) is 4.23. The topological polar surface area (TPSA) is 41.6 Å². The molecule has 3 nitrogen and oxygen atoms in total. The van der Waals surface area contributed by atoms with E-state index in [0.717, 1.165) is 34.8 Å². The predicted octanol–water partition coefficient (Wildman–Crippen LogP) is 4.30. The van der Waals surface area contributed by atoms with Crippen LogP contribution in [0.4, 0.5) is 5.69 Å². The Bertz CT molecular complexity index is 682. The quantitative estimate of drug-likeness (QED) is 0.914. The van der Waals surface area contributed by atoms with Crippen LogP contribution in [0.5, 0.6) is 0 Å². The normalized spacial score (nSPS) is 17.7. The van der Waals surface area contributed by atoms with E-state index in [-0.39, 0.29) is 6.04 Å². The molecule has 0 amide bonds. The van der Waals surface area contributed by atoms with Crippen LogP contribution in [0.2, 0.25) is 5.02 Å². The van der Waals surface area contributed by atoms with Gasteiger partial charge in [-0.15, -0.1) is 0 Å². The van der Waals surface area contributed by atoms with E-state index < -0.39 is 0 Å². The number of hydrogen-bond acceptors (Lipinski definition) is 3. The molecule has 2 aromatic rings. The highest BCUT2D eigenvalue weighted by molar-refractivity contribution is 6.30. The molecule has 0 spiro atoms. The second-order valence-corrected chi connectivity index (χ2v) is 6.05. The summed E-state index contributed by atoms with van der Waals surface area (Å²) in [5, 5.41) is 7.69. The molecule has 1 atom stereocenters. The highest BCUT2D eigenvalue weighted by Gasteiger charge is 2.29. The number of nitrogens with two attached hydrogens (primary N) is 1. The maximum absolute atomic E-state index is 6.08. The van der Waals surface area contributed by atoms with Crippen LogP contribution < -0.4 is 10.7 Å². The molecular formula is C18H20ClN3. The van der Waals surface area contributed by atoms with Crippen LogP contribution in [0.15, 0.2) is 53.6 Å². The van der Waals surface area contributed by atoms with Gasteiger partial charge in [-0.3, -0.25) is 5.01 Å². The lowest BCUT2D eigenvalue weighted by Gasteiger charge is -2.25. The van der Waals surface area contributed by atoms with Gasteiger partial charge in [0.25, 0.3) is 0 Å². The maximum Gasteiger partial charge on any atom is 0.0828 e. The molecule has 114 valence electrons. The average molecular weight is 314 g/mol. The molecule has 22 heavy (non-hydrogen) atoms. The van der Waals surface area contributed by atoms with Gasteiger partial charge in [0.15, 0.2) is 0 Å². The minimum absolute atomic E-state index is 0.225. The van der Waals surface area contributed by atoms with E-state index in [1.165, 1.54) is 5.56 Å². The first-order valence-corrected chi connectivity index (χ1v) is 7.93. The smallest absolute Gasteiger partial charge is 0.0828 e. The van der Waals surface area contributed by atoms with Crippen LogP contribution in [-0.4, -0.2) is 12.3 Å². The summed E-state index contributed by atoms with van der Waals surface area (Å²) in [6.45, 7) is 2.70. The Balaban J connectivity index is 1.99. The Morgan fingerprint density at radius 1 is 1.23 bits per heavy atom. The molecule has 4 heteroatoms. The molecule has 0 aromatic heterocycles. The first-order valence-electron chi connectivity index (χ1n) is 7.56. The van der Waals surface area contributed by atoms with Crippen molar-refractivity contribution in [3.63, 3.8) is 0 Å². The number of hydrogen-bond donors (Lipinski definition) is 1. The zero-order chi connectivity index (χ0) is 15.5. The number of nitrogens with zero attached hydrogens (tertiary/aromatic N) is 2. The molecular weight excluding hydrogens is 294 g/mol. The molecule has 1 aliphatic rings. The van der Waals surface area contributed by atoms with Crippen LogP contribution in [-0.2, 0) is 0 Å². The van der Waals surface area contributed by atoms with Crippen molar-refractivity contribution in [3.05, 3.63) is 64.7 Å². The van der Waals surface area contributed by atoms with Gasteiger partial charge in [-0.1, -0.05) is 41.9 Å². The van der Waals surface area contributed by atoms with Crippen LogP contribution in [0.3, 0.4) is 0 Å². The first-order chi connectivity index (χ1) is 10.7. The second kappa shape index (κ2) is 6.51. The Kier molecular flexibility index (Phi) is 4.46. The Morgan fingerprint density at radius 3 is 2.68 bits per heavy atom. The molecule has 0 aliphatic carbocycles. The largest absolute Gasteiger partial charge is 0.330 e. The average Bonchev–Trinajstić information content (AvgIpc) is 2.92. The van der Waals surface area contributed by atoms with Gasteiger partial charge in [0.1, 0.15) is 0 Å². The summed E-state index contributed by atoms with van der Waals surface area (Å²) in [4.78, 5) is 0. The molecule has 2 aromatic carbocycles. The molecule has 0 saturated carbocycles. The Hall–Kier alpha value is -1.84. The molecule has 1 heterocycles.